The van der Waals surface area contributed by atoms with Crippen molar-refractivity contribution < 1.29 is 4.74 Å². The van der Waals surface area contributed by atoms with Crippen molar-refractivity contribution in [3.8, 4) is 0 Å². The van der Waals surface area contributed by atoms with Gasteiger partial charge in [0.05, 0.1) is 0 Å². The zero-order chi connectivity index (χ0) is 5.33. The molecule has 1 aliphatic rings. The van der Waals surface area contributed by atoms with Gasteiger partial charge in [-0.2, -0.15) is 0 Å². The second-order valence-corrected chi connectivity index (χ2v) is 2.95. The van der Waals surface area contributed by atoms with Gasteiger partial charge in [-0.05, 0) is 19.8 Å². The maximum absolute atomic E-state index is 5.16. The minimum atomic E-state index is -0.222. The van der Waals surface area contributed by atoms with Gasteiger partial charge in [0.2, 0.25) is 0 Å². The highest BCUT2D eigenvalue weighted by Crippen LogP contribution is 2.27. The van der Waals surface area contributed by atoms with Gasteiger partial charge in [-0.25, -0.2) is 0 Å². The van der Waals surface area contributed by atoms with Crippen LogP contribution in [0.15, 0.2) is 0 Å². The fraction of sp³-hybridized carbons (Fsp3) is 1.00. The molecule has 0 aromatic carbocycles. The monoisotopic (exact) mass is 117 g/mol. The number of rotatable bonds is 0. The smallest absolute Gasteiger partial charge is 0.121 e. The lowest BCUT2D eigenvalue weighted by Gasteiger charge is -2.11. The van der Waals surface area contributed by atoms with Crippen LogP contribution in [0.2, 0.25) is 0 Å². The van der Waals surface area contributed by atoms with E-state index in [1.165, 1.54) is 0 Å². The average Bonchev–Trinajstić information content (AvgIpc) is 1.84. The Hall–Kier alpha value is 0.310. The van der Waals surface area contributed by atoms with Gasteiger partial charge < -0.3 is 4.74 Å². The molecule has 0 spiro atoms. The summed E-state index contributed by atoms with van der Waals surface area (Å²) in [5.41, 5.74) is 0. The van der Waals surface area contributed by atoms with E-state index in [0.717, 1.165) is 19.4 Å². The molecule has 1 radical (unpaired) electrons. The first-order valence-electron chi connectivity index (χ1n) is 2.55. The zero-order valence-electron chi connectivity index (χ0n) is 4.44. The van der Waals surface area contributed by atoms with E-state index in [2.05, 4.69) is 0 Å². The molecule has 0 aromatic rings. The lowest BCUT2D eigenvalue weighted by atomic mass is 10.3. The minimum absolute atomic E-state index is 0.222. The van der Waals surface area contributed by atoms with E-state index in [9.17, 15) is 0 Å². The summed E-state index contributed by atoms with van der Waals surface area (Å²) < 4.78 is 5.16. The van der Waals surface area contributed by atoms with Crippen LogP contribution in [0.5, 0.6) is 0 Å². The molecule has 0 aliphatic carbocycles. The van der Waals surface area contributed by atoms with Crippen molar-refractivity contribution in [3.05, 3.63) is 0 Å². The molecular formula is C5H9OS. The largest absolute Gasteiger partial charge is 0.364 e. The summed E-state index contributed by atoms with van der Waals surface area (Å²) in [5, 5.41) is 0. The van der Waals surface area contributed by atoms with E-state index in [4.69, 9.17) is 17.4 Å². The molecule has 1 fully saturated rings. The van der Waals surface area contributed by atoms with Crippen LogP contribution < -0.4 is 0 Å². The maximum atomic E-state index is 5.16. The normalized spacial score (nSPS) is 42.0. The Morgan fingerprint density at radius 1 is 1.71 bits per heavy atom. The molecule has 0 amide bonds. The summed E-state index contributed by atoms with van der Waals surface area (Å²) in [5.74, 6) is 0. The molecule has 7 heavy (non-hydrogen) atoms. The zero-order valence-corrected chi connectivity index (χ0v) is 5.25. The van der Waals surface area contributed by atoms with Crippen LogP contribution in [-0.4, -0.2) is 11.5 Å². The van der Waals surface area contributed by atoms with Crippen molar-refractivity contribution in [1.29, 1.82) is 0 Å². The number of hydrogen-bond acceptors (Lipinski definition) is 1. The van der Waals surface area contributed by atoms with Gasteiger partial charge in [0, 0.05) is 6.61 Å². The van der Waals surface area contributed by atoms with Crippen molar-refractivity contribution in [1.82, 2.24) is 0 Å². The van der Waals surface area contributed by atoms with Crippen LogP contribution in [0, 0.1) is 0 Å². The number of ether oxygens (including phenoxy) is 1. The highest BCUT2D eigenvalue weighted by Gasteiger charge is 2.25. The van der Waals surface area contributed by atoms with Gasteiger partial charge >= 0.3 is 0 Å². The van der Waals surface area contributed by atoms with E-state index >= 15 is 0 Å². The Labute approximate surface area is 49.5 Å². The molecule has 1 nitrogen and oxygen atoms in total. The van der Waals surface area contributed by atoms with Crippen LogP contribution in [0.4, 0.5) is 0 Å². The van der Waals surface area contributed by atoms with Crippen LogP contribution in [-0.2, 0) is 4.74 Å². The lowest BCUT2D eigenvalue weighted by Crippen LogP contribution is -2.12. The highest BCUT2D eigenvalue weighted by atomic mass is 32.1. The van der Waals surface area contributed by atoms with Gasteiger partial charge in [-0.3, -0.25) is 0 Å². The molecule has 1 heterocycles. The van der Waals surface area contributed by atoms with Crippen LogP contribution >= 0.6 is 12.6 Å². The molecule has 1 unspecified atom stereocenters. The Morgan fingerprint density at radius 3 is 2.57 bits per heavy atom. The van der Waals surface area contributed by atoms with Gasteiger partial charge in [-0.15, -0.1) is 0 Å². The molecular weight excluding hydrogens is 108 g/mol. The Morgan fingerprint density at radius 2 is 2.43 bits per heavy atom. The SMILES string of the molecule is CC1([S])CCCO1. The Bertz CT molecular complexity index is 62.5. The summed E-state index contributed by atoms with van der Waals surface area (Å²) in [6, 6.07) is 0. The highest BCUT2D eigenvalue weighted by molar-refractivity contribution is 7.81. The maximum Gasteiger partial charge on any atom is 0.121 e. The molecule has 0 bridgehead atoms. The van der Waals surface area contributed by atoms with Gasteiger partial charge in [-0.1, -0.05) is 12.6 Å². The molecule has 1 rings (SSSR count). The van der Waals surface area contributed by atoms with Gasteiger partial charge in [0.25, 0.3) is 0 Å². The molecule has 1 aliphatic heterocycles. The van der Waals surface area contributed by atoms with E-state index in [1.54, 1.807) is 0 Å². The van der Waals surface area contributed by atoms with Gasteiger partial charge in [0.15, 0.2) is 0 Å². The molecule has 1 atom stereocenters. The van der Waals surface area contributed by atoms with Crippen LogP contribution in [0.3, 0.4) is 0 Å². The van der Waals surface area contributed by atoms with Crippen molar-refractivity contribution >= 4 is 12.6 Å². The first-order valence-corrected chi connectivity index (χ1v) is 2.96. The lowest BCUT2D eigenvalue weighted by molar-refractivity contribution is 0.0989. The summed E-state index contributed by atoms with van der Waals surface area (Å²) in [6.07, 6.45) is 2.18. The number of hydrogen-bond donors (Lipinski definition) is 0. The van der Waals surface area contributed by atoms with E-state index in [0.29, 0.717) is 0 Å². The second-order valence-electron chi connectivity index (χ2n) is 2.09. The van der Waals surface area contributed by atoms with Crippen molar-refractivity contribution in [2.24, 2.45) is 0 Å². The predicted molar refractivity (Wildman–Crippen MR) is 31.2 cm³/mol. The van der Waals surface area contributed by atoms with Crippen LogP contribution in [0.1, 0.15) is 19.8 Å². The van der Waals surface area contributed by atoms with Crippen molar-refractivity contribution in [2.75, 3.05) is 6.61 Å². The molecule has 0 N–H and O–H groups in total. The van der Waals surface area contributed by atoms with E-state index in [1.807, 2.05) is 6.92 Å². The molecule has 0 saturated carbocycles. The van der Waals surface area contributed by atoms with Crippen LogP contribution in [0.25, 0.3) is 0 Å². The first kappa shape index (κ1) is 5.45. The third kappa shape index (κ3) is 1.35. The Balaban J connectivity index is 2.40. The summed E-state index contributed by atoms with van der Waals surface area (Å²) in [4.78, 5) is -0.222. The fourth-order valence-electron chi connectivity index (χ4n) is 0.754. The first-order chi connectivity index (χ1) is 3.21. The van der Waals surface area contributed by atoms with E-state index < -0.39 is 0 Å². The summed E-state index contributed by atoms with van der Waals surface area (Å²) in [7, 11) is 0. The summed E-state index contributed by atoms with van der Waals surface area (Å²) in [6.45, 7) is 2.81. The molecule has 1 saturated heterocycles. The second kappa shape index (κ2) is 1.67. The van der Waals surface area contributed by atoms with Gasteiger partial charge in [0.1, 0.15) is 4.93 Å². The summed E-state index contributed by atoms with van der Waals surface area (Å²) >= 11 is 4.99. The van der Waals surface area contributed by atoms with Crippen molar-refractivity contribution in [3.63, 3.8) is 0 Å². The quantitative estimate of drug-likeness (QED) is 0.469. The average molecular weight is 117 g/mol. The third-order valence-electron chi connectivity index (χ3n) is 1.18. The van der Waals surface area contributed by atoms with E-state index in [-0.39, 0.29) is 4.93 Å². The predicted octanol–water partition coefficient (Wildman–Crippen LogP) is 1.71. The fourth-order valence-corrected chi connectivity index (χ4v) is 0.981. The Kier molecular flexibility index (Phi) is 1.30. The third-order valence-corrected chi connectivity index (χ3v) is 1.50. The standard InChI is InChI=1S/C5H9OS/c1-5(7)3-2-4-6-5/h2-4H2,1H3. The van der Waals surface area contributed by atoms with Crippen molar-refractivity contribution in [2.45, 2.75) is 24.7 Å². The minimum Gasteiger partial charge on any atom is -0.364 e. The topological polar surface area (TPSA) is 9.23 Å². The molecule has 2 heteroatoms. The molecule has 41 valence electrons. The molecule has 0 aromatic heterocycles.